The average molecular weight is 224 g/mol. The van der Waals surface area contributed by atoms with Gasteiger partial charge in [-0.1, -0.05) is 0 Å². The lowest BCUT2D eigenvalue weighted by atomic mass is 10.2. The van der Waals surface area contributed by atoms with Crippen LogP contribution in [0.4, 0.5) is 0 Å². The van der Waals surface area contributed by atoms with E-state index in [-0.39, 0.29) is 0 Å². The standard InChI is InChI=1S/C9H6BrNO/c10-9-4-3-8(12-9)7-2-1-5-11-6-7/h1-6H. The van der Waals surface area contributed by atoms with Gasteiger partial charge in [0.2, 0.25) is 0 Å². The topological polar surface area (TPSA) is 26.0 Å². The van der Waals surface area contributed by atoms with Crippen LogP contribution in [0.2, 0.25) is 0 Å². The number of hydrogen-bond donors (Lipinski definition) is 0. The Labute approximate surface area is 78.4 Å². The van der Waals surface area contributed by atoms with Crippen molar-refractivity contribution >= 4 is 15.9 Å². The number of nitrogens with zero attached hydrogens (tertiary/aromatic N) is 1. The molecule has 0 aromatic carbocycles. The largest absolute Gasteiger partial charge is 0.449 e. The highest BCUT2D eigenvalue weighted by Gasteiger charge is 2.00. The first-order chi connectivity index (χ1) is 5.86. The Kier molecular flexibility index (Phi) is 1.96. The van der Waals surface area contributed by atoms with E-state index in [1.165, 1.54) is 0 Å². The normalized spacial score (nSPS) is 10.1. The molecule has 0 fully saturated rings. The average Bonchev–Trinajstić information content (AvgIpc) is 2.54. The van der Waals surface area contributed by atoms with Gasteiger partial charge in [-0.15, -0.1) is 0 Å². The van der Waals surface area contributed by atoms with Crippen molar-refractivity contribution in [2.24, 2.45) is 0 Å². The smallest absolute Gasteiger partial charge is 0.169 e. The van der Waals surface area contributed by atoms with E-state index in [2.05, 4.69) is 20.9 Å². The van der Waals surface area contributed by atoms with Gasteiger partial charge in [-0.05, 0) is 40.2 Å². The van der Waals surface area contributed by atoms with Crippen LogP contribution in [0, 0.1) is 0 Å². The zero-order valence-corrected chi connectivity index (χ0v) is 7.78. The Balaban J connectivity index is 2.45. The molecule has 0 amide bonds. The van der Waals surface area contributed by atoms with Crippen molar-refractivity contribution in [3.63, 3.8) is 0 Å². The molecule has 0 atom stereocenters. The van der Waals surface area contributed by atoms with E-state index in [4.69, 9.17) is 4.42 Å². The maximum Gasteiger partial charge on any atom is 0.169 e. The van der Waals surface area contributed by atoms with Crippen LogP contribution in [0.25, 0.3) is 11.3 Å². The van der Waals surface area contributed by atoms with Crippen molar-refractivity contribution < 1.29 is 4.42 Å². The molecule has 0 saturated heterocycles. The molecule has 60 valence electrons. The predicted octanol–water partition coefficient (Wildman–Crippen LogP) is 3.10. The van der Waals surface area contributed by atoms with Gasteiger partial charge in [-0.2, -0.15) is 0 Å². The van der Waals surface area contributed by atoms with E-state index in [9.17, 15) is 0 Å². The summed E-state index contributed by atoms with van der Waals surface area (Å²) < 4.78 is 6.08. The van der Waals surface area contributed by atoms with E-state index in [1.54, 1.807) is 12.4 Å². The van der Waals surface area contributed by atoms with Gasteiger partial charge in [0.25, 0.3) is 0 Å². The molecular weight excluding hydrogens is 218 g/mol. The molecule has 0 spiro atoms. The van der Waals surface area contributed by atoms with Crippen LogP contribution in [-0.2, 0) is 0 Å². The Morgan fingerprint density at radius 3 is 2.75 bits per heavy atom. The minimum Gasteiger partial charge on any atom is -0.449 e. The van der Waals surface area contributed by atoms with Crippen molar-refractivity contribution in [2.45, 2.75) is 0 Å². The van der Waals surface area contributed by atoms with Gasteiger partial charge in [-0.25, -0.2) is 0 Å². The van der Waals surface area contributed by atoms with Crippen LogP contribution in [0.3, 0.4) is 0 Å². The number of furan rings is 1. The molecule has 2 heterocycles. The van der Waals surface area contributed by atoms with Crippen LogP contribution in [0.15, 0.2) is 45.7 Å². The highest BCUT2D eigenvalue weighted by Crippen LogP contribution is 2.23. The van der Waals surface area contributed by atoms with Gasteiger partial charge in [0, 0.05) is 18.0 Å². The first-order valence-corrected chi connectivity index (χ1v) is 4.31. The number of rotatable bonds is 1. The quantitative estimate of drug-likeness (QED) is 0.743. The van der Waals surface area contributed by atoms with Crippen LogP contribution in [0.5, 0.6) is 0 Å². The number of hydrogen-bond acceptors (Lipinski definition) is 2. The van der Waals surface area contributed by atoms with E-state index in [0.717, 1.165) is 16.0 Å². The van der Waals surface area contributed by atoms with Crippen LogP contribution >= 0.6 is 15.9 Å². The lowest BCUT2D eigenvalue weighted by Gasteiger charge is -1.92. The van der Waals surface area contributed by atoms with Crippen molar-refractivity contribution in [3.05, 3.63) is 41.3 Å². The summed E-state index contributed by atoms with van der Waals surface area (Å²) in [6, 6.07) is 7.60. The number of halogens is 1. The van der Waals surface area contributed by atoms with Gasteiger partial charge in [0.15, 0.2) is 4.67 Å². The molecule has 2 nitrogen and oxygen atoms in total. The molecule has 0 bridgehead atoms. The molecule has 0 radical (unpaired) electrons. The minimum atomic E-state index is 0.737. The summed E-state index contributed by atoms with van der Waals surface area (Å²) in [7, 11) is 0. The van der Waals surface area contributed by atoms with Gasteiger partial charge in [0.05, 0.1) is 0 Å². The summed E-state index contributed by atoms with van der Waals surface area (Å²) in [5.41, 5.74) is 0.989. The maximum atomic E-state index is 5.35. The Hall–Kier alpha value is -1.09. The maximum absolute atomic E-state index is 5.35. The zero-order chi connectivity index (χ0) is 8.39. The van der Waals surface area contributed by atoms with Crippen LogP contribution in [-0.4, -0.2) is 4.98 Å². The number of pyridine rings is 1. The van der Waals surface area contributed by atoms with Crippen molar-refractivity contribution in [3.8, 4) is 11.3 Å². The fourth-order valence-electron chi connectivity index (χ4n) is 0.978. The number of aromatic nitrogens is 1. The Bertz CT molecular complexity index is 369. The molecule has 2 aromatic heterocycles. The highest BCUT2D eigenvalue weighted by molar-refractivity contribution is 9.10. The molecule has 3 heteroatoms. The third-order valence-electron chi connectivity index (χ3n) is 1.52. The van der Waals surface area contributed by atoms with E-state index in [0.29, 0.717) is 0 Å². The predicted molar refractivity (Wildman–Crippen MR) is 49.6 cm³/mol. The summed E-state index contributed by atoms with van der Waals surface area (Å²) in [6.45, 7) is 0. The Morgan fingerprint density at radius 1 is 1.25 bits per heavy atom. The molecule has 2 rings (SSSR count). The molecule has 0 saturated carbocycles. The molecular formula is C9H6BrNO. The lowest BCUT2D eigenvalue weighted by Crippen LogP contribution is -1.73. The van der Waals surface area contributed by atoms with E-state index in [1.807, 2.05) is 24.3 Å². The second-order valence-corrected chi connectivity index (χ2v) is 3.13. The third kappa shape index (κ3) is 1.41. The molecule has 12 heavy (non-hydrogen) atoms. The second-order valence-electron chi connectivity index (χ2n) is 2.35. The summed E-state index contributed by atoms with van der Waals surface area (Å²) in [6.07, 6.45) is 3.51. The summed E-state index contributed by atoms with van der Waals surface area (Å²) in [4.78, 5) is 4.00. The molecule has 0 aliphatic carbocycles. The van der Waals surface area contributed by atoms with Gasteiger partial charge < -0.3 is 4.42 Å². The molecule has 0 unspecified atom stereocenters. The van der Waals surface area contributed by atoms with E-state index >= 15 is 0 Å². The highest BCUT2D eigenvalue weighted by atomic mass is 79.9. The van der Waals surface area contributed by atoms with Gasteiger partial charge >= 0.3 is 0 Å². The van der Waals surface area contributed by atoms with Crippen LogP contribution in [0.1, 0.15) is 0 Å². The van der Waals surface area contributed by atoms with E-state index < -0.39 is 0 Å². The summed E-state index contributed by atoms with van der Waals surface area (Å²) >= 11 is 3.24. The fourth-order valence-corrected chi connectivity index (χ4v) is 1.28. The lowest BCUT2D eigenvalue weighted by molar-refractivity contribution is 0.555. The van der Waals surface area contributed by atoms with Gasteiger partial charge in [0.1, 0.15) is 5.76 Å². The first-order valence-electron chi connectivity index (χ1n) is 3.52. The molecule has 0 aliphatic rings. The van der Waals surface area contributed by atoms with Gasteiger partial charge in [-0.3, -0.25) is 4.98 Å². The third-order valence-corrected chi connectivity index (χ3v) is 1.95. The van der Waals surface area contributed by atoms with Crippen molar-refractivity contribution in [1.29, 1.82) is 0 Å². The fraction of sp³-hybridized carbons (Fsp3) is 0. The molecule has 2 aromatic rings. The molecule has 0 aliphatic heterocycles. The second kappa shape index (κ2) is 3.11. The minimum absolute atomic E-state index is 0.737. The summed E-state index contributed by atoms with van der Waals surface area (Å²) in [5, 5.41) is 0. The van der Waals surface area contributed by atoms with Crippen molar-refractivity contribution in [2.75, 3.05) is 0 Å². The SMILES string of the molecule is Brc1ccc(-c2cccnc2)o1. The molecule has 0 N–H and O–H groups in total. The van der Waals surface area contributed by atoms with Crippen molar-refractivity contribution in [1.82, 2.24) is 4.98 Å². The summed E-state index contributed by atoms with van der Waals surface area (Å²) in [5.74, 6) is 0.829. The van der Waals surface area contributed by atoms with Crippen LogP contribution < -0.4 is 0 Å². The monoisotopic (exact) mass is 223 g/mol. The first kappa shape index (κ1) is 7.55. The Morgan fingerprint density at radius 2 is 2.17 bits per heavy atom. The zero-order valence-electron chi connectivity index (χ0n) is 6.20.